The highest BCUT2D eigenvalue weighted by Gasteiger charge is 2.25. The molecule has 0 bridgehead atoms. The second-order valence-electron chi connectivity index (χ2n) is 4.11. The van der Waals surface area contributed by atoms with E-state index in [0.29, 0.717) is 6.54 Å². The molecule has 1 amide bonds. The Balaban J connectivity index is 1.83. The summed E-state index contributed by atoms with van der Waals surface area (Å²) in [6.45, 7) is 3.17. The molecule has 2 heterocycles. The average molecular weight is 222 g/mol. The van der Waals surface area contributed by atoms with Crippen molar-refractivity contribution in [3.63, 3.8) is 0 Å². The Labute approximate surface area is 95.2 Å². The fourth-order valence-electron chi connectivity index (χ4n) is 1.88. The van der Waals surface area contributed by atoms with E-state index in [9.17, 15) is 4.79 Å². The number of rotatable bonds is 3. The van der Waals surface area contributed by atoms with Gasteiger partial charge in [0.2, 0.25) is 5.91 Å². The molecule has 0 aliphatic carbocycles. The van der Waals surface area contributed by atoms with Gasteiger partial charge in [0.05, 0.1) is 6.54 Å². The molecule has 1 aliphatic rings. The van der Waals surface area contributed by atoms with Crippen LogP contribution in [-0.4, -0.2) is 48.5 Å². The van der Waals surface area contributed by atoms with Crippen LogP contribution >= 0.6 is 0 Å². The van der Waals surface area contributed by atoms with Crippen molar-refractivity contribution in [3.05, 3.63) is 24.0 Å². The van der Waals surface area contributed by atoms with Crippen molar-refractivity contribution in [2.24, 2.45) is 0 Å². The number of nitrogens with one attached hydrogen (secondary N) is 3. The summed E-state index contributed by atoms with van der Waals surface area (Å²) in [6, 6.07) is 3.84. The number of aromatic nitrogens is 1. The Morgan fingerprint density at radius 1 is 1.69 bits per heavy atom. The minimum absolute atomic E-state index is 0.0521. The third kappa shape index (κ3) is 2.62. The van der Waals surface area contributed by atoms with Gasteiger partial charge < -0.3 is 15.6 Å². The Hall–Kier alpha value is -1.33. The van der Waals surface area contributed by atoms with Crippen molar-refractivity contribution in [1.82, 2.24) is 20.5 Å². The van der Waals surface area contributed by atoms with E-state index in [1.54, 1.807) is 0 Å². The van der Waals surface area contributed by atoms with Crippen LogP contribution in [-0.2, 0) is 11.3 Å². The predicted molar refractivity (Wildman–Crippen MR) is 61.9 cm³/mol. The molecule has 88 valence electrons. The highest BCUT2D eigenvalue weighted by molar-refractivity contribution is 5.82. The van der Waals surface area contributed by atoms with Gasteiger partial charge in [-0.1, -0.05) is 0 Å². The predicted octanol–water partition coefficient (Wildman–Crippen LogP) is -0.465. The number of nitrogens with zero attached hydrogens (tertiary/aromatic N) is 1. The number of H-pyrrole nitrogens is 1. The van der Waals surface area contributed by atoms with Crippen LogP contribution in [0.5, 0.6) is 0 Å². The van der Waals surface area contributed by atoms with Crippen LogP contribution < -0.4 is 10.6 Å². The standard InChI is InChI=1S/C11H18N4O/c1-15-6-5-12-8-10(15)11(16)14-7-9-3-2-4-13-9/h2-4,10,12-13H,5-8H2,1H3,(H,14,16). The lowest BCUT2D eigenvalue weighted by Crippen LogP contribution is -2.56. The third-order valence-electron chi connectivity index (χ3n) is 2.93. The maximum Gasteiger partial charge on any atom is 0.238 e. The van der Waals surface area contributed by atoms with Gasteiger partial charge in [0.1, 0.15) is 6.04 Å². The van der Waals surface area contributed by atoms with Gasteiger partial charge in [0.25, 0.3) is 0 Å². The van der Waals surface area contributed by atoms with Crippen LogP contribution in [0.25, 0.3) is 0 Å². The molecular formula is C11H18N4O. The molecule has 5 heteroatoms. The summed E-state index contributed by atoms with van der Waals surface area (Å²) in [5.74, 6) is 0.0873. The fourth-order valence-corrected chi connectivity index (χ4v) is 1.88. The lowest BCUT2D eigenvalue weighted by Gasteiger charge is -2.31. The molecule has 0 saturated carbocycles. The zero-order valence-electron chi connectivity index (χ0n) is 9.49. The van der Waals surface area contributed by atoms with Crippen molar-refractivity contribution in [3.8, 4) is 0 Å². The van der Waals surface area contributed by atoms with E-state index in [1.165, 1.54) is 0 Å². The molecule has 0 radical (unpaired) electrons. The lowest BCUT2D eigenvalue weighted by atomic mass is 10.2. The van der Waals surface area contributed by atoms with Crippen molar-refractivity contribution in [1.29, 1.82) is 0 Å². The first-order chi connectivity index (χ1) is 7.77. The maximum atomic E-state index is 11.9. The van der Waals surface area contributed by atoms with Gasteiger partial charge in [-0.25, -0.2) is 0 Å². The molecule has 1 saturated heterocycles. The zero-order chi connectivity index (χ0) is 11.4. The number of hydrogen-bond donors (Lipinski definition) is 3. The largest absolute Gasteiger partial charge is 0.364 e. The van der Waals surface area contributed by atoms with Gasteiger partial charge in [-0.15, -0.1) is 0 Å². The third-order valence-corrected chi connectivity index (χ3v) is 2.93. The molecule has 1 fully saturated rings. The summed E-state index contributed by atoms with van der Waals surface area (Å²) >= 11 is 0. The van der Waals surface area contributed by atoms with E-state index < -0.39 is 0 Å². The Kier molecular flexibility index (Phi) is 3.58. The summed E-state index contributed by atoms with van der Waals surface area (Å²) in [5, 5.41) is 6.16. The van der Waals surface area contributed by atoms with Crippen molar-refractivity contribution in [2.45, 2.75) is 12.6 Å². The summed E-state index contributed by atoms with van der Waals surface area (Å²) in [6.07, 6.45) is 1.86. The van der Waals surface area contributed by atoms with Crippen LogP contribution in [0, 0.1) is 0 Å². The first-order valence-electron chi connectivity index (χ1n) is 5.58. The van der Waals surface area contributed by atoms with E-state index in [0.717, 1.165) is 25.3 Å². The van der Waals surface area contributed by atoms with Crippen molar-refractivity contribution < 1.29 is 4.79 Å². The van der Waals surface area contributed by atoms with Crippen LogP contribution in [0.4, 0.5) is 0 Å². The van der Waals surface area contributed by atoms with Gasteiger partial charge in [0, 0.05) is 31.5 Å². The van der Waals surface area contributed by atoms with Crippen LogP contribution in [0.15, 0.2) is 18.3 Å². The number of aromatic amines is 1. The van der Waals surface area contributed by atoms with E-state index in [1.807, 2.05) is 25.4 Å². The topological polar surface area (TPSA) is 60.2 Å². The first-order valence-corrected chi connectivity index (χ1v) is 5.58. The molecular weight excluding hydrogens is 204 g/mol. The minimum atomic E-state index is -0.0521. The second kappa shape index (κ2) is 5.14. The molecule has 1 aromatic heterocycles. The fraction of sp³-hybridized carbons (Fsp3) is 0.545. The van der Waals surface area contributed by atoms with E-state index in [4.69, 9.17) is 0 Å². The maximum absolute atomic E-state index is 11.9. The van der Waals surface area contributed by atoms with Crippen LogP contribution in [0.1, 0.15) is 5.69 Å². The van der Waals surface area contributed by atoms with E-state index in [2.05, 4.69) is 20.5 Å². The van der Waals surface area contributed by atoms with Gasteiger partial charge in [-0.05, 0) is 19.2 Å². The van der Waals surface area contributed by atoms with E-state index in [-0.39, 0.29) is 11.9 Å². The summed E-state index contributed by atoms with van der Waals surface area (Å²) < 4.78 is 0. The van der Waals surface area contributed by atoms with Crippen molar-refractivity contribution >= 4 is 5.91 Å². The molecule has 0 spiro atoms. The SMILES string of the molecule is CN1CCNCC1C(=O)NCc1ccc[nH]1. The lowest BCUT2D eigenvalue weighted by molar-refractivity contribution is -0.126. The molecule has 16 heavy (non-hydrogen) atoms. The highest BCUT2D eigenvalue weighted by Crippen LogP contribution is 2.00. The molecule has 1 aromatic rings. The Bertz CT molecular complexity index is 336. The second-order valence-corrected chi connectivity index (χ2v) is 4.11. The van der Waals surface area contributed by atoms with Gasteiger partial charge in [-0.2, -0.15) is 0 Å². The molecule has 1 unspecified atom stereocenters. The van der Waals surface area contributed by atoms with Crippen LogP contribution in [0.3, 0.4) is 0 Å². The molecule has 5 nitrogen and oxygen atoms in total. The Morgan fingerprint density at radius 3 is 3.25 bits per heavy atom. The smallest absolute Gasteiger partial charge is 0.238 e. The molecule has 0 aromatic carbocycles. The highest BCUT2D eigenvalue weighted by atomic mass is 16.2. The monoisotopic (exact) mass is 222 g/mol. The quantitative estimate of drug-likeness (QED) is 0.648. The summed E-state index contributed by atoms with van der Waals surface area (Å²) in [4.78, 5) is 17.0. The summed E-state index contributed by atoms with van der Waals surface area (Å²) in [5.41, 5.74) is 1.03. The van der Waals surface area contributed by atoms with Gasteiger partial charge >= 0.3 is 0 Å². The van der Waals surface area contributed by atoms with Crippen LogP contribution in [0.2, 0.25) is 0 Å². The van der Waals surface area contributed by atoms with Gasteiger partial charge in [-0.3, -0.25) is 9.69 Å². The number of piperazine rings is 1. The van der Waals surface area contributed by atoms with E-state index >= 15 is 0 Å². The molecule has 1 atom stereocenters. The Morgan fingerprint density at radius 2 is 2.56 bits per heavy atom. The number of hydrogen-bond acceptors (Lipinski definition) is 3. The first kappa shape index (κ1) is 11.2. The average Bonchev–Trinajstić information content (AvgIpc) is 2.79. The van der Waals surface area contributed by atoms with Crippen molar-refractivity contribution in [2.75, 3.05) is 26.7 Å². The molecule has 1 aliphatic heterocycles. The number of carbonyl (C=O) groups is 1. The molecule has 2 rings (SSSR count). The van der Waals surface area contributed by atoms with Gasteiger partial charge in [0.15, 0.2) is 0 Å². The number of carbonyl (C=O) groups excluding carboxylic acids is 1. The number of amides is 1. The minimum Gasteiger partial charge on any atom is -0.364 e. The molecule has 3 N–H and O–H groups in total. The number of likely N-dealkylation sites (N-methyl/N-ethyl adjacent to an activating group) is 1. The normalized spacial score (nSPS) is 21.9. The zero-order valence-corrected chi connectivity index (χ0v) is 9.49. The summed E-state index contributed by atoms with van der Waals surface area (Å²) in [7, 11) is 1.99.